The summed E-state index contributed by atoms with van der Waals surface area (Å²) < 4.78 is 15.0. The smallest absolute Gasteiger partial charge is 0.258 e. The number of hydrogen-bond acceptors (Lipinski definition) is 4. The number of carbonyl (C=O) groups excluding carboxylic acids is 2. The van der Waals surface area contributed by atoms with Gasteiger partial charge in [-0.3, -0.25) is 9.59 Å². The largest absolute Gasteiger partial charge is 0.482 e. The van der Waals surface area contributed by atoms with Gasteiger partial charge in [-0.1, -0.05) is 44.7 Å². The van der Waals surface area contributed by atoms with E-state index in [0.717, 1.165) is 54.7 Å². The Balaban J connectivity index is 1.53. The first-order valence-electron chi connectivity index (χ1n) is 10.9. The van der Waals surface area contributed by atoms with Crippen molar-refractivity contribution in [3.05, 3.63) is 53.3 Å². The molecule has 1 saturated carbocycles. The molecule has 0 aromatic heterocycles. The Hall–Kier alpha value is -1.10. The first-order chi connectivity index (χ1) is 16.1. The van der Waals surface area contributed by atoms with Crippen LogP contribution in [0, 0.1) is 13.8 Å². The fourth-order valence-corrected chi connectivity index (χ4v) is 7.10. The molecule has 0 radical (unpaired) electrons. The predicted octanol–water partition coefficient (Wildman–Crippen LogP) is 6.35. The molecule has 0 heterocycles. The van der Waals surface area contributed by atoms with Crippen LogP contribution in [0.1, 0.15) is 36.8 Å². The number of nitrogens with one attached hydrogen (secondary N) is 2. The highest BCUT2D eigenvalue weighted by Crippen LogP contribution is 2.33. The molecule has 0 spiro atoms. The number of halogens is 4. The van der Waals surface area contributed by atoms with Gasteiger partial charge in [0.15, 0.2) is 13.2 Å². The molecule has 0 unspecified atom stereocenters. The highest BCUT2D eigenvalue weighted by molar-refractivity contribution is 9.11. The standard InChI is InChI=1S/C24H26Br4N2O4/c1-13-7-15(25)9-17(27)23(13)33-11-21(31)29-19-5-3-4-6-20(19)30-22(32)12-34-24-14(2)8-16(26)10-18(24)28/h7-10,19-20H,3-6,11-12H2,1-2H3,(H,29,31)(H,30,32)/t19-,20-/m1/s1. The molecule has 0 saturated heterocycles. The van der Waals surface area contributed by atoms with E-state index in [-0.39, 0.29) is 37.1 Å². The quantitative estimate of drug-likeness (QED) is 0.333. The molecule has 0 bridgehead atoms. The van der Waals surface area contributed by atoms with E-state index in [2.05, 4.69) is 74.4 Å². The van der Waals surface area contributed by atoms with Crippen LogP contribution in [0.5, 0.6) is 11.5 Å². The summed E-state index contributed by atoms with van der Waals surface area (Å²) in [5.41, 5.74) is 1.84. The van der Waals surface area contributed by atoms with Gasteiger partial charge in [-0.05, 0) is 93.9 Å². The van der Waals surface area contributed by atoms with E-state index < -0.39 is 0 Å². The molecule has 2 aromatic rings. The molecule has 2 aromatic carbocycles. The lowest BCUT2D eigenvalue weighted by atomic mass is 9.90. The van der Waals surface area contributed by atoms with Crippen LogP contribution < -0.4 is 20.1 Å². The Kier molecular flexibility index (Phi) is 10.3. The maximum Gasteiger partial charge on any atom is 0.258 e. The molecule has 0 aliphatic heterocycles. The minimum Gasteiger partial charge on any atom is -0.482 e. The number of benzene rings is 2. The van der Waals surface area contributed by atoms with Crippen molar-refractivity contribution in [2.75, 3.05) is 13.2 Å². The van der Waals surface area contributed by atoms with Crippen molar-refractivity contribution in [3.63, 3.8) is 0 Å². The minimum absolute atomic E-state index is 0.0990. The van der Waals surface area contributed by atoms with Gasteiger partial charge in [0, 0.05) is 21.0 Å². The van der Waals surface area contributed by atoms with Crippen LogP contribution in [0.25, 0.3) is 0 Å². The van der Waals surface area contributed by atoms with Gasteiger partial charge in [-0.15, -0.1) is 0 Å². The van der Waals surface area contributed by atoms with Gasteiger partial charge in [0.1, 0.15) is 11.5 Å². The third-order valence-corrected chi connectivity index (χ3v) is 7.64. The molecule has 2 N–H and O–H groups in total. The van der Waals surface area contributed by atoms with Gasteiger partial charge in [-0.25, -0.2) is 0 Å². The van der Waals surface area contributed by atoms with Gasteiger partial charge >= 0.3 is 0 Å². The van der Waals surface area contributed by atoms with Crippen LogP contribution in [-0.4, -0.2) is 37.1 Å². The normalized spacial score (nSPS) is 17.7. The van der Waals surface area contributed by atoms with Crippen molar-refractivity contribution in [3.8, 4) is 11.5 Å². The van der Waals surface area contributed by atoms with Gasteiger partial charge in [0.25, 0.3) is 11.8 Å². The first kappa shape index (κ1) is 27.5. The monoisotopic (exact) mass is 722 g/mol. The minimum atomic E-state index is -0.217. The van der Waals surface area contributed by atoms with Crippen molar-refractivity contribution in [1.29, 1.82) is 0 Å². The summed E-state index contributed by atoms with van der Waals surface area (Å²) in [7, 11) is 0. The summed E-state index contributed by atoms with van der Waals surface area (Å²) in [6.45, 7) is 3.65. The number of hydrogen-bond donors (Lipinski definition) is 2. The molecule has 34 heavy (non-hydrogen) atoms. The molecular weight excluding hydrogens is 700 g/mol. The van der Waals surface area contributed by atoms with E-state index in [9.17, 15) is 9.59 Å². The summed E-state index contributed by atoms with van der Waals surface area (Å²) in [4.78, 5) is 25.2. The van der Waals surface area contributed by atoms with E-state index in [1.165, 1.54) is 0 Å². The van der Waals surface area contributed by atoms with Gasteiger partial charge in [0.05, 0.1) is 8.95 Å². The van der Waals surface area contributed by atoms with Crippen LogP contribution in [0.4, 0.5) is 0 Å². The van der Waals surface area contributed by atoms with Crippen LogP contribution in [0.3, 0.4) is 0 Å². The van der Waals surface area contributed by atoms with E-state index in [0.29, 0.717) is 11.5 Å². The fourth-order valence-electron chi connectivity index (χ4n) is 3.99. The highest BCUT2D eigenvalue weighted by Gasteiger charge is 2.28. The molecule has 3 rings (SSSR count). The molecule has 1 aliphatic carbocycles. The van der Waals surface area contributed by atoms with Gasteiger partial charge in [-0.2, -0.15) is 0 Å². The number of ether oxygens (including phenoxy) is 2. The highest BCUT2D eigenvalue weighted by atomic mass is 79.9. The molecule has 10 heteroatoms. The number of rotatable bonds is 8. The number of amides is 2. The number of carbonyl (C=O) groups is 2. The average Bonchev–Trinajstić information content (AvgIpc) is 2.73. The molecule has 184 valence electrons. The molecule has 6 nitrogen and oxygen atoms in total. The van der Waals surface area contributed by atoms with E-state index >= 15 is 0 Å². The van der Waals surface area contributed by atoms with Crippen molar-refractivity contribution < 1.29 is 19.1 Å². The Morgan fingerprint density at radius 3 is 1.50 bits per heavy atom. The molecule has 1 fully saturated rings. The predicted molar refractivity (Wildman–Crippen MR) is 146 cm³/mol. The maximum absolute atomic E-state index is 12.6. The van der Waals surface area contributed by atoms with Gasteiger partial charge in [0.2, 0.25) is 0 Å². The zero-order chi connectivity index (χ0) is 24.8. The topological polar surface area (TPSA) is 76.7 Å². The van der Waals surface area contributed by atoms with E-state index in [1.54, 1.807) is 0 Å². The lowest BCUT2D eigenvalue weighted by Gasteiger charge is -2.32. The summed E-state index contributed by atoms with van der Waals surface area (Å²) in [6.07, 6.45) is 3.60. The first-order valence-corrected chi connectivity index (χ1v) is 14.1. The lowest BCUT2D eigenvalue weighted by Crippen LogP contribution is -2.54. The lowest BCUT2D eigenvalue weighted by molar-refractivity contribution is -0.127. The molecule has 2 amide bonds. The van der Waals surface area contributed by atoms with Crippen molar-refractivity contribution in [2.45, 2.75) is 51.6 Å². The van der Waals surface area contributed by atoms with Crippen LogP contribution in [-0.2, 0) is 9.59 Å². The van der Waals surface area contributed by atoms with Crippen LogP contribution in [0.2, 0.25) is 0 Å². The van der Waals surface area contributed by atoms with Crippen molar-refractivity contribution in [2.24, 2.45) is 0 Å². The summed E-state index contributed by atoms with van der Waals surface area (Å²) >= 11 is 13.8. The number of aryl methyl sites for hydroxylation is 2. The Bertz CT molecular complexity index is 934. The summed E-state index contributed by atoms with van der Waals surface area (Å²) in [5, 5.41) is 6.07. The molecule has 1 aliphatic rings. The second-order valence-corrected chi connectivity index (χ2v) is 11.8. The second-order valence-electron chi connectivity index (χ2n) is 8.28. The van der Waals surface area contributed by atoms with E-state index in [1.807, 2.05) is 38.1 Å². The third-order valence-electron chi connectivity index (χ3n) is 5.54. The molecular formula is C24H26Br4N2O4. The van der Waals surface area contributed by atoms with Crippen molar-refractivity contribution >= 4 is 75.5 Å². The van der Waals surface area contributed by atoms with Crippen LogP contribution >= 0.6 is 63.7 Å². The zero-order valence-electron chi connectivity index (χ0n) is 18.9. The Morgan fingerprint density at radius 2 is 1.15 bits per heavy atom. The summed E-state index contributed by atoms with van der Waals surface area (Å²) in [5.74, 6) is 0.842. The van der Waals surface area contributed by atoms with E-state index in [4.69, 9.17) is 9.47 Å². The second kappa shape index (κ2) is 12.7. The third kappa shape index (κ3) is 7.70. The Morgan fingerprint density at radius 1 is 0.765 bits per heavy atom. The fraction of sp³-hybridized carbons (Fsp3) is 0.417. The average molecular weight is 726 g/mol. The summed E-state index contributed by atoms with van der Waals surface area (Å²) in [6, 6.07) is 7.32. The Labute approximate surface area is 233 Å². The van der Waals surface area contributed by atoms with Crippen LogP contribution in [0.15, 0.2) is 42.2 Å². The van der Waals surface area contributed by atoms with Crippen molar-refractivity contribution in [1.82, 2.24) is 10.6 Å². The molecule has 2 atom stereocenters. The SMILES string of the molecule is Cc1cc(Br)cc(Br)c1OCC(=O)N[C@@H]1CCCC[C@H]1NC(=O)COc1c(C)cc(Br)cc1Br. The maximum atomic E-state index is 12.6. The zero-order valence-corrected chi connectivity index (χ0v) is 25.2. The van der Waals surface area contributed by atoms with Gasteiger partial charge < -0.3 is 20.1 Å².